The van der Waals surface area contributed by atoms with E-state index in [-0.39, 0.29) is 17.9 Å². The maximum atomic E-state index is 11.9. The molecule has 2 N–H and O–H groups in total. The summed E-state index contributed by atoms with van der Waals surface area (Å²) in [6.07, 6.45) is 2.14. The van der Waals surface area contributed by atoms with Gasteiger partial charge in [0.1, 0.15) is 5.75 Å². The van der Waals surface area contributed by atoms with E-state index in [1.165, 1.54) is 5.56 Å². The van der Waals surface area contributed by atoms with Crippen molar-refractivity contribution in [2.75, 3.05) is 19.7 Å². The van der Waals surface area contributed by atoms with Gasteiger partial charge in [-0.2, -0.15) is 0 Å². The molecule has 19 heavy (non-hydrogen) atoms. The van der Waals surface area contributed by atoms with E-state index in [1.54, 1.807) is 0 Å². The summed E-state index contributed by atoms with van der Waals surface area (Å²) in [5, 5.41) is 6.20. The average Bonchev–Trinajstić information content (AvgIpc) is 2.36. The predicted molar refractivity (Wildman–Crippen MR) is 73.2 cm³/mol. The third-order valence-corrected chi connectivity index (χ3v) is 3.94. The van der Waals surface area contributed by atoms with E-state index < -0.39 is 0 Å². The van der Waals surface area contributed by atoms with Gasteiger partial charge in [0, 0.05) is 13.1 Å². The fourth-order valence-electron chi connectivity index (χ4n) is 2.54. The number of ether oxygens (including phenoxy) is 1. The summed E-state index contributed by atoms with van der Waals surface area (Å²) < 4.78 is 5.61. The van der Waals surface area contributed by atoms with Crippen LogP contribution >= 0.6 is 0 Å². The Hall–Kier alpha value is -1.55. The van der Waals surface area contributed by atoms with Gasteiger partial charge in [0.05, 0.1) is 18.6 Å². The van der Waals surface area contributed by atoms with Crippen LogP contribution in [0.2, 0.25) is 0 Å². The number of fused-ring (bicyclic) bond motifs is 1. The molecule has 102 valence electrons. The summed E-state index contributed by atoms with van der Waals surface area (Å²) in [4.78, 5) is 11.9. The number of benzene rings is 1. The van der Waals surface area contributed by atoms with E-state index in [9.17, 15) is 4.79 Å². The van der Waals surface area contributed by atoms with Gasteiger partial charge in [-0.25, -0.2) is 0 Å². The number of hydrogen-bond donors (Lipinski definition) is 2. The molecule has 0 spiro atoms. The van der Waals surface area contributed by atoms with Crippen molar-refractivity contribution in [2.45, 2.75) is 25.8 Å². The first-order valence-electron chi connectivity index (χ1n) is 7.01. The normalized spacial score (nSPS) is 19.8. The van der Waals surface area contributed by atoms with Crippen LogP contribution in [0, 0.1) is 5.92 Å². The van der Waals surface area contributed by atoms with E-state index in [1.807, 2.05) is 19.1 Å². The maximum absolute atomic E-state index is 11.9. The molecule has 2 heterocycles. The molecule has 3 rings (SSSR count). The van der Waals surface area contributed by atoms with Crippen molar-refractivity contribution in [1.82, 2.24) is 10.6 Å². The Morgan fingerprint density at radius 2 is 2.32 bits per heavy atom. The van der Waals surface area contributed by atoms with Crippen LogP contribution in [0.15, 0.2) is 18.2 Å². The molecular formula is C15H20N2O2. The Bertz CT molecular complexity index is 483. The van der Waals surface area contributed by atoms with Gasteiger partial charge < -0.3 is 15.4 Å². The van der Waals surface area contributed by atoms with E-state index in [2.05, 4.69) is 16.7 Å². The Balaban J connectivity index is 1.68. The van der Waals surface area contributed by atoms with E-state index in [0.29, 0.717) is 0 Å². The Kier molecular flexibility index (Phi) is 3.42. The lowest BCUT2D eigenvalue weighted by molar-refractivity contribution is -0.127. The summed E-state index contributed by atoms with van der Waals surface area (Å²) in [7, 11) is 0. The van der Waals surface area contributed by atoms with Gasteiger partial charge in [0.25, 0.3) is 0 Å². The van der Waals surface area contributed by atoms with Gasteiger partial charge in [0.15, 0.2) is 0 Å². The minimum atomic E-state index is 0.0559. The van der Waals surface area contributed by atoms with Crippen LogP contribution < -0.4 is 15.4 Å². The average molecular weight is 260 g/mol. The van der Waals surface area contributed by atoms with Crippen LogP contribution in [0.3, 0.4) is 0 Å². The molecule has 1 fully saturated rings. The third kappa shape index (κ3) is 2.59. The van der Waals surface area contributed by atoms with Gasteiger partial charge in [-0.1, -0.05) is 12.1 Å². The highest BCUT2D eigenvalue weighted by Crippen LogP contribution is 2.27. The first kappa shape index (κ1) is 12.5. The summed E-state index contributed by atoms with van der Waals surface area (Å²) in [6, 6.07) is 6.30. The number of aryl methyl sites for hydroxylation is 1. The second-order valence-corrected chi connectivity index (χ2v) is 5.40. The number of nitrogens with one attached hydrogen (secondary N) is 2. The lowest BCUT2D eigenvalue weighted by atomic mass is 9.98. The molecule has 4 nitrogen and oxygen atoms in total. The minimum Gasteiger partial charge on any atom is -0.493 e. The molecule has 0 radical (unpaired) electrons. The van der Waals surface area contributed by atoms with E-state index >= 15 is 0 Å². The highest BCUT2D eigenvalue weighted by molar-refractivity contribution is 5.80. The fourth-order valence-corrected chi connectivity index (χ4v) is 2.54. The molecule has 0 aliphatic carbocycles. The first-order chi connectivity index (χ1) is 9.24. The Morgan fingerprint density at radius 1 is 1.47 bits per heavy atom. The lowest BCUT2D eigenvalue weighted by Gasteiger charge is -2.28. The summed E-state index contributed by atoms with van der Waals surface area (Å²) in [5.74, 6) is 1.29. The number of rotatable bonds is 3. The van der Waals surface area contributed by atoms with E-state index in [0.717, 1.165) is 43.9 Å². The van der Waals surface area contributed by atoms with Gasteiger partial charge in [-0.3, -0.25) is 4.79 Å². The molecule has 1 aromatic rings. The number of hydrogen-bond acceptors (Lipinski definition) is 3. The molecule has 0 bridgehead atoms. The number of carbonyl (C=O) groups is 1. The summed E-state index contributed by atoms with van der Waals surface area (Å²) in [5.41, 5.74) is 2.42. The largest absolute Gasteiger partial charge is 0.493 e. The molecule has 0 unspecified atom stereocenters. The highest BCUT2D eigenvalue weighted by Gasteiger charge is 2.26. The van der Waals surface area contributed by atoms with Crippen LogP contribution in [0.25, 0.3) is 0 Å². The number of carbonyl (C=O) groups excluding carboxylic acids is 1. The second kappa shape index (κ2) is 5.21. The third-order valence-electron chi connectivity index (χ3n) is 3.94. The van der Waals surface area contributed by atoms with Crippen molar-refractivity contribution >= 4 is 5.91 Å². The fraction of sp³-hybridized carbons (Fsp3) is 0.533. The van der Waals surface area contributed by atoms with Crippen LogP contribution in [-0.2, 0) is 11.2 Å². The SMILES string of the molecule is C[C@H](NC(=O)C1CNC1)c1ccc2c(c1)CCCO2. The van der Waals surface area contributed by atoms with Crippen molar-refractivity contribution in [2.24, 2.45) is 5.92 Å². The van der Waals surface area contributed by atoms with Gasteiger partial charge in [0.2, 0.25) is 5.91 Å². The Morgan fingerprint density at radius 3 is 3.05 bits per heavy atom. The van der Waals surface area contributed by atoms with Gasteiger partial charge >= 0.3 is 0 Å². The first-order valence-corrected chi connectivity index (χ1v) is 7.01. The molecule has 4 heteroatoms. The zero-order valence-electron chi connectivity index (χ0n) is 11.2. The summed E-state index contributed by atoms with van der Waals surface area (Å²) in [6.45, 7) is 4.45. The number of amides is 1. The van der Waals surface area contributed by atoms with E-state index in [4.69, 9.17) is 4.74 Å². The Labute approximate surface area is 113 Å². The predicted octanol–water partition coefficient (Wildman–Crippen LogP) is 1.41. The van der Waals surface area contributed by atoms with Crippen molar-refractivity contribution in [3.63, 3.8) is 0 Å². The van der Waals surface area contributed by atoms with Crippen LogP contribution in [0.5, 0.6) is 5.75 Å². The molecule has 2 aliphatic rings. The smallest absolute Gasteiger partial charge is 0.226 e. The molecule has 1 aromatic carbocycles. The zero-order chi connectivity index (χ0) is 13.2. The van der Waals surface area contributed by atoms with Crippen molar-refractivity contribution < 1.29 is 9.53 Å². The molecule has 2 aliphatic heterocycles. The maximum Gasteiger partial charge on any atom is 0.226 e. The molecule has 1 amide bonds. The highest BCUT2D eigenvalue weighted by atomic mass is 16.5. The van der Waals surface area contributed by atoms with Gasteiger partial charge in [-0.05, 0) is 37.0 Å². The monoisotopic (exact) mass is 260 g/mol. The lowest BCUT2D eigenvalue weighted by Crippen LogP contribution is -2.51. The quantitative estimate of drug-likeness (QED) is 0.864. The standard InChI is InChI=1S/C15H20N2O2/c1-10(17-15(18)13-8-16-9-13)11-4-5-14-12(7-11)3-2-6-19-14/h4-5,7,10,13,16H,2-3,6,8-9H2,1H3,(H,17,18)/t10-/m0/s1. The molecule has 1 atom stereocenters. The van der Waals surface area contributed by atoms with Gasteiger partial charge in [-0.15, -0.1) is 0 Å². The minimum absolute atomic E-state index is 0.0559. The summed E-state index contributed by atoms with van der Waals surface area (Å²) >= 11 is 0. The van der Waals surface area contributed by atoms with Crippen molar-refractivity contribution in [3.8, 4) is 5.75 Å². The van der Waals surface area contributed by atoms with Crippen LogP contribution in [0.1, 0.15) is 30.5 Å². The molecule has 0 aromatic heterocycles. The zero-order valence-corrected chi connectivity index (χ0v) is 11.2. The van der Waals surface area contributed by atoms with Crippen LogP contribution in [-0.4, -0.2) is 25.6 Å². The van der Waals surface area contributed by atoms with Crippen molar-refractivity contribution in [1.29, 1.82) is 0 Å². The molecular weight excluding hydrogens is 240 g/mol. The molecule has 1 saturated heterocycles. The van der Waals surface area contributed by atoms with Crippen molar-refractivity contribution in [3.05, 3.63) is 29.3 Å². The molecule has 0 saturated carbocycles. The topological polar surface area (TPSA) is 50.4 Å². The van der Waals surface area contributed by atoms with Crippen LogP contribution in [0.4, 0.5) is 0 Å². The second-order valence-electron chi connectivity index (χ2n) is 5.40.